The average Bonchev–Trinajstić information content (AvgIpc) is 2.39. The second-order valence-electron chi connectivity index (χ2n) is 4.27. The Labute approximate surface area is 118 Å². The minimum Gasteiger partial charge on any atom is -0.480 e. The first-order chi connectivity index (χ1) is 9.36. The molecule has 1 aromatic carbocycles. The van der Waals surface area contributed by atoms with Crippen molar-refractivity contribution in [2.24, 2.45) is 0 Å². The Morgan fingerprint density at radius 2 is 1.95 bits per heavy atom. The van der Waals surface area contributed by atoms with Crippen molar-refractivity contribution in [3.8, 4) is 0 Å². The average molecular weight is 302 g/mol. The Bertz CT molecular complexity index is 532. The van der Waals surface area contributed by atoms with E-state index < -0.39 is 28.8 Å². The lowest BCUT2D eigenvalue weighted by molar-refractivity contribution is -0.139. The summed E-state index contributed by atoms with van der Waals surface area (Å²) < 4.78 is 27.1. The van der Waals surface area contributed by atoms with Gasteiger partial charge in [-0.2, -0.15) is 17.4 Å². The van der Waals surface area contributed by atoms with E-state index in [1.54, 1.807) is 24.3 Å². The zero-order chi connectivity index (χ0) is 15.2. The summed E-state index contributed by atoms with van der Waals surface area (Å²) in [5, 5.41) is 17.6. The molecular formula is C12H18N2O5S. The number of aliphatic carboxylic acids is 1. The van der Waals surface area contributed by atoms with Gasteiger partial charge in [0.05, 0.1) is 0 Å². The van der Waals surface area contributed by atoms with Crippen LogP contribution < -0.4 is 4.72 Å². The molecule has 1 atom stereocenters. The standard InChI is InChI=1S/C12H18N2O5S/c1-14(9-10-5-3-2-4-6-10)20(18,19)13-11(7-8-15)12(16)17/h2-6,11,13,15H,7-9H2,1H3,(H,16,17)/t11-/m0/s1. The molecule has 20 heavy (non-hydrogen) atoms. The highest BCUT2D eigenvalue weighted by molar-refractivity contribution is 7.87. The molecule has 1 rings (SSSR count). The van der Waals surface area contributed by atoms with Gasteiger partial charge < -0.3 is 10.2 Å². The summed E-state index contributed by atoms with van der Waals surface area (Å²) in [5.41, 5.74) is 0.786. The number of benzene rings is 1. The van der Waals surface area contributed by atoms with Crippen LogP contribution in [0.5, 0.6) is 0 Å². The van der Waals surface area contributed by atoms with E-state index in [4.69, 9.17) is 10.2 Å². The van der Waals surface area contributed by atoms with Gasteiger partial charge in [-0.05, 0) is 12.0 Å². The van der Waals surface area contributed by atoms with Gasteiger partial charge in [-0.25, -0.2) is 0 Å². The number of nitrogens with zero attached hydrogens (tertiary/aromatic N) is 1. The summed E-state index contributed by atoms with van der Waals surface area (Å²) in [6, 6.07) is 7.59. The third-order valence-corrected chi connectivity index (χ3v) is 4.20. The molecule has 112 valence electrons. The van der Waals surface area contributed by atoms with Crippen LogP contribution in [0.3, 0.4) is 0 Å². The molecule has 1 aromatic rings. The fraction of sp³-hybridized carbons (Fsp3) is 0.417. The molecule has 3 N–H and O–H groups in total. The largest absolute Gasteiger partial charge is 0.480 e. The van der Waals surface area contributed by atoms with Gasteiger partial charge in [0, 0.05) is 20.2 Å². The van der Waals surface area contributed by atoms with Crippen LogP contribution in [0.2, 0.25) is 0 Å². The van der Waals surface area contributed by atoms with Crippen LogP contribution in [0.1, 0.15) is 12.0 Å². The molecule has 0 saturated heterocycles. The predicted octanol–water partition coefficient (Wildman–Crippen LogP) is -0.212. The van der Waals surface area contributed by atoms with E-state index in [0.29, 0.717) is 0 Å². The Hall–Kier alpha value is -1.48. The van der Waals surface area contributed by atoms with Crippen molar-refractivity contribution in [1.29, 1.82) is 0 Å². The predicted molar refractivity (Wildman–Crippen MR) is 73.1 cm³/mol. The van der Waals surface area contributed by atoms with Crippen molar-refractivity contribution >= 4 is 16.2 Å². The van der Waals surface area contributed by atoms with E-state index in [-0.39, 0.29) is 13.0 Å². The molecule has 0 fully saturated rings. The van der Waals surface area contributed by atoms with Crippen LogP contribution in [0.25, 0.3) is 0 Å². The highest BCUT2D eigenvalue weighted by Gasteiger charge is 2.26. The number of hydrogen-bond donors (Lipinski definition) is 3. The summed E-state index contributed by atoms with van der Waals surface area (Å²) in [6.07, 6.45) is -0.187. The number of nitrogens with one attached hydrogen (secondary N) is 1. The van der Waals surface area contributed by atoms with Gasteiger partial charge in [-0.3, -0.25) is 4.79 Å². The molecule has 0 aromatic heterocycles. The first kappa shape index (κ1) is 16.6. The number of aliphatic hydroxyl groups is 1. The lowest BCUT2D eigenvalue weighted by Gasteiger charge is -2.20. The molecule has 8 heteroatoms. The molecule has 0 bridgehead atoms. The topological polar surface area (TPSA) is 107 Å². The summed E-state index contributed by atoms with van der Waals surface area (Å²) in [6.45, 7) is -0.288. The van der Waals surface area contributed by atoms with Gasteiger partial charge in [-0.15, -0.1) is 0 Å². The maximum Gasteiger partial charge on any atom is 0.321 e. The fourth-order valence-electron chi connectivity index (χ4n) is 1.56. The van der Waals surface area contributed by atoms with E-state index in [1.807, 2.05) is 6.07 Å². The van der Waals surface area contributed by atoms with E-state index in [9.17, 15) is 13.2 Å². The van der Waals surface area contributed by atoms with Gasteiger partial charge in [0.2, 0.25) is 0 Å². The number of carbonyl (C=O) groups is 1. The molecule has 0 aliphatic rings. The molecule has 0 spiro atoms. The lowest BCUT2D eigenvalue weighted by atomic mass is 10.2. The lowest BCUT2D eigenvalue weighted by Crippen LogP contribution is -2.47. The third kappa shape index (κ3) is 4.89. The zero-order valence-electron chi connectivity index (χ0n) is 11.1. The van der Waals surface area contributed by atoms with E-state index >= 15 is 0 Å². The second-order valence-corrected chi connectivity index (χ2v) is 6.08. The Kier molecular flexibility index (Phi) is 6.08. The molecule has 0 heterocycles. The summed E-state index contributed by atoms with van der Waals surface area (Å²) in [5.74, 6) is -1.32. The maximum atomic E-state index is 12.0. The van der Waals surface area contributed by atoms with Crippen LogP contribution in [0.15, 0.2) is 30.3 Å². The number of carboxylic acids is 1. The van der Waals surface area contributed by atoms with E-state index in [1.165, 1.54) is 7.05 Å². The summed E-state index contributed by atoms with van der Waals surface area (Å²) in [4.78, 5) is 10.9. The highest BCUT2D eigenvalue weighted by atomic mass is 32.2. The van der Waals surface area contributed by atoms with E-state index in [0.717, 1.165) is 9.87 Å². The molecule has 0 aliphatic carbocycles. The molecule has 0 amide bonds. The molecule has 0 unspecified atom stereocenters. The van der Waals surface area contributed by atoms with Crippen molar-refractivity contribution in [1.82, 2.24) is 9.03 Å². The van der Waals surface area contributed by atoms with Crippen molar-refractivity contribution in [2.75, 3.05) is 13.7 Å². The number of carboxylic acid groups (broad SMARTS) is 1. The summed E-state index contributed by atoms with van der Waals surface area (Å²) >= 11 is 0. The van der Waals surface area contributed by atoms with E-state index in [2.05, 4.69) is 4.72 Å². The van der Waals surface area contributed by atoms with Gasteiger partial charge in [0.25, 0.3) is 10.2 Å². The molecule has 0 radical (unpaired) electrons. The van der Waals surface area contributed by atoms with Crippen molar-refractivity contribution in [3.63, 3.8) is 0 Å². The van der Waals surface area contributed by atoms with Crippen LogP contribution >= 0.6 is 0 Å². The van der Waals surface area contributed by atoms with Crippen LogP contribution in [-0.4, -0.2) is 48.6 Å². The first-order valence-corrected chi connectivity index (χ1v) is 7.42. The smallest absolute Gasteiger partial charge is 0.321 e. The normalized spacial score (nSPS) is 13.3. The zero-order valence-corrected chi connectivity index (χ0v) is 11.9. The second kappa shape index (κ2) is 7.34. The first-order valence-electron chi connectivity index (χ1n) is 5.98. The van der Waals surface area contributed by atoms with Gasteiger partial charge in [0.1, 0.15) is 6.04 Å². The van der Waals surface area contributed by atoms with Gasteiger partial charge in [0.15, 0.2) is 0 Å². The number of rotatable bonds is 8. The van der Waals surface area contributed by atoms with Crippen molar-refractivity contribution in [3.05, 3.63) is 35.9 Å². The summed E-state index contributed by atoms with van der Waals surface area (Å²) in [7, 11) is -2.58. The minimum atomic E-state index is -3.93. The monoisotopic (exact) mass is 302 g/mol. The van der Waals surface area contributed by atoms with Gasteiger partial charge >= 0.3 is 5.97 Å². The van der Waals surface area contributed by atoms with Crippen molar-refractivity contribution in [2.45, 2.75) is 19.0 Å². The minimum absolute atomic E-state index is 0.127. The quantitative estimate of drug-likeness (QED) is 0.616. The highest BCUT2D eigenvalue weighted by Crippen LogP contribution is 2.07. The molecule has 7 nitrogen and oxygen atoms in total. The van der Waals surface area contributed by atoms with Crippen LogP contribution in [0, 0.1) is 0 Å². The SMILES string of the molecule is CN(Cc1ccccc1)S(=O)(=O)N[C@@H](CCO)C(=O)O. The Balaban J connectivity index is 2.74. The number of hydrogen-bond acceptors (Lipinski definition) is 4. The fourth-order valence-corrected chi connectivity index (χ4v) is 2.63. The molecule has 0 saturated carbocycles. The van der Waals surface area contributed by atoms with Crippen LogP contribution in [-0.2, 0) is 21.5 Å². The Morgan fingerprint density at radius 3 is 2.45 bits per heavy atom. The number of aliphatic hydroxyl groups excluding tert-OH is 1. The van der Waals surface area contributed by atoms with Gasteiger partial charge in [-0.1, -0.05) is 30.3 Å². The third-order valence-electron chi connectivity index (χ3n) is 2.67. The molecule has 0 aliphatic heterocycles. The molecular weight excluding hydrogens is 284 g/mol. The Morgan fingerprint density at radius 1 is 1.35 bits per heavy atom. The van der Waals surface area contributed by atoms with Crippen molar-refractivity contribution < 1.29 is 23.4 Å². The maximum absolute atomic E-state index is 12.0. The van der Waals surface area contributed by atoms with Crippen LogP contribution in [0.4, 0.5) is 0 Å².